The maximum atomic E-state index is 12.8. The monoisotopic (exact) mass is 582 g/mol. The van der Waals surface area contributed by atoms with E-state index in [1.165, 1.54) is 0 Å². The van der Waals surface area contributed by atoms with E-state index in [2.05, 4.69) is 14.9 Å². The lowest BCUT2D eigenvalue weighted by Crippen LogP contribution is -2.40. The number of nitrogens with one attached hydrogen (secondary N) is 1. The molecule has 1 atom stereocenters. The van der Waals surface area contributed by atoms with Crippen LogP contribution in [0.4, 0.5) is 0 Å². The maximum absolute atomic E-state index is 12.8. The van der Waals surface area contributed by atoms with Crippen molar-refractivity contribution in [2.24, 2.45) is 5.73 Å². The number of benzene rings is 2. The third kappa shape index (κ3) is 9.17. The molecular formula is C25H28Cl2N4O6S. The molecule has 3 aromatic rings. The smallest absolute Gasteiger partial charge is 0.338 e. The van der Waals surface area contributed by atoms with E-state index in [4.69, 9.17) is 38.2 Å². The molecule has 0 radical (unpaired) electrons. The van der Waals surface area contributed by atoms with Crippen molar-refractivity contribution in [1.29, 1.82) is 0 Å². The molecule has 1 unspecified atom stereocenters. The van der Waals surface area contributed by atoms with Gasteiger partial charge in [0.1, 0.15) is 0 Å². The predicted molar refractivity (Wildman–Crippen MR) is 143 cm³/mol. The molecule has 1 heterocycles. The highest BCUT2D eigenvalue weighted by Crippen LogP contribution is 2.23. The number of rotatable bonds is 14. The van der Waals surface area contributed by atoms with Gasteiger partial charge >= 0.3 is 5.97 Å². The average Bonchev–Trinajstić information content (AvgIpc) is 3.33. The van der Waals surface area contributed by atoms with Gasteiger partial charge in [0.2, 0.25) is 27.5 Å². The van der Waals surface area contributed by atoms with Crippen LogP contribution in [0.5, 0.6) is 0 Å². The third-order valence-corrected chi connectivity index (χ3v) is 6.91. The van der Waals surface area contributed by atoms with Crippen LogP contribution in [0, 0.1) is 0 Å². The summed E-state index contributed by atoms with van der Waals surface area (Å²) < 4.78 is 36.2. The van der Waals surface area contributed by atoms with Gasteiger partial charge in [-0.25, -0.2) is 17.9 Å². The Hall–Kier alpha value is -2.83. The van der Waals surface area contributed by atoms with E-state index in [1.807, 2.05) is 6.07 Å². The number of unbranched alkanes of at least 4 members (excludes halogenated alkanes) is 1. The number of nitrogens with zero attached hydrogens (tertiary/aromatic N) is 2. The van der Waals surface area contributed by atoms with Gasteiger partial charge in [-0.15, -0.1) is 0 Å². The lowest BCUT2D eigenvalue weighted by molar-refractivity contribution is 0.0509. The molecule has 0 saturated carbocycles. The molecule has 2 aromatic carbocycles. The van der Waals surface area contributed by atoms with Crippen molar-refractivity contribution in [2.75, 3.05) is 19.4 Å². The summed E-state index contributed by atoms with van der Waals surface area (Å²) in [4.78, 5) is 29.3. The van der Waals surface area contributed by atoms with Gasteiger partial charge in [0.25, 0.3) is 0 Å². The van der Waals surface area contributed by atoms with Crippen molar-refractivity contribution in [3.63, 3.8) is 0 Å². The van der Waals surface area contributed by atoms with E-state index in [0.29, 0.717) is 41.4 Å². The van der Waals surface area contributed by atoms with Gasteiger partial charge in [0.15, 0.2) is 0 Å². The molecule has 0 aliphatic rings. The molecule has 13 heteroatoms. The van der Waals surface area contributed by atoms with E-state index in [9.17, 15) is 18.0 Å². The molecule has 3 rings (SSSR count). The molecule has 0 spiro atoms. The lowest BCUT2D eigenvalue weighted by atomic mass is 10.1. The summed E-state index contributed by atoms with van der Waals surface area (Å²) in [6.07, 6.45) is 3.15. The van der Waals surface area contributed by atoms with Gasteiger partial charge in [0, 0.05) is 6.42 Å². The van der Waals surface area contributed by atoms with Crippen LogP contribution in [-0.4, -0.2) is 55.8 Å². The van der Waals surface area contributed by atoms with E-state index in [-0.39, 0.29) is 31.2 Å². The fourth-order valence-corrected chi connectivity index (χ4v) is 4.61. The van der Waals surface area contributed by atoms with Crippen LogP contribution in [0.1, 0.15) is 57.3 Å². The van der Waals surface area contributed by atoms with Gasteiger partial charge < -0.3 is 15.0 Å². The van der Waals surface area contributed by atoms with E-state index in [0.717, 1.165) is 17.4 Å². The molecule has 3 N–H and O–H groups in total. The summed E-state index contributed by atoms with van der Waals surface area (Å²) in [5.41, 5.74) is 7.51. The second-order valence-corrected chi connectivity index (χ2v) is 11.2. The van der Waals surface area contributed by atoms with Crippen LogP contribution in [0.2, 0.25) is 10.0 Å². The van der Waals surface area contributed by atoms with E-state index >= 15 is 0 Å². The predicted octanol–water partition coefficient (Wildman–Crippen LogP) is 3.60. The fraction of sp³-hybridized carbons (Fsp3) is 0.360. The zero-order valence-corrected chi connectivity index (χ0v) is 23.0. The Labute approximate surface area is 230 Å². The topological polar surface area (TPSA) is 154 Å². The van der Waals surface area contributed by atoms with Crippen molar-refractivity contribution < 1.29 is 27.3 Å². The summed E-state index contributed by atoms with van der Waals surface area (Å²) in [6.45, 7) is 0.611. The van der Waals surface area contributed by atoms with Gasteiger partial charge in [-0.1, -0.05) is 53.0 Å². The molecule has 0 aliphatic heterocycles. The number of carbonyl (C=O) groups is 2. The minimum Gasteiger partial charge on any atom is -0.462 e. The number of hydrogen-bond donors (Lipinski definition) is 2. The molecule has 1 aromatic heterocycles. The van der Waals surface area contributed by atoms with Gasteiger partial charge in [-0.3, -0.25) is 4.79 Å². The second-order valence-electron chi connectivity index (χ2n) is 8.61. The number of sulfonamides is 1. The number of carbonyl (C=O) groups excluding carboxylic acids is 2. The Bertz CT molecular complexity index is 1360. The average molecular weight is 583 g/mol. The number of hydrogen-bond acceptors (Lipinski definition) is 9. The van der Waals surface area contributed by atoms with E-state index in [1.54, 1.807) is 36.4 Å². The lowest BCUT2D eigenvalue weighted by Gasteiger charge is -2.14. The van der Waals surface area contributed by atoms with Crippen molar-refractivity contribution in [1.82, 2.24) is 14.9 Å². The summed E-state index contributed by atoms with van der Waals surface area (Å²) in [5, 5.41) is 4.62. The molecular weight excluding hydrogens is 555 g/mol. The Morgan fingerprint density at radius 1 is 1.08 bits per heavy atom. The number of nitrogens with two attached hydrogens (primary N) is 1. The summed E-state index contributed by atoms with van der Waals surface area (Å²) in [5.74, 6) is -1.09. The van der Waals surface area contributed by atoms with E-state index < -0.39 is 27.8 Å². The molecule has 0 saturated heterocycles. The summed E-state index contributed by atoms with van der Waals surface area (Å²) in [6, 6.07) is 10.9. The third-order valence-electron chi connectivity index (χ3n) is 5.46. The molecule has 204 valence electrons. The first-order valence-corrected chi connectivity index (χ1v) is 14.4. The van der Waals surface area contributed by atoms with Crippen LogP contribution in [0.15, 0.2) is 47.0 Å². The number of esters is 1. The van der Waals surface area contributed by atoms with Crippen molar-refractivity contribution in [3.05, 3.63) is 80.9 Å². The Morgan fingerprint density at radius 2 is 1.79 bits per heavy atom. The van der Waals surface area contributed by atoms with Gasteiger partial charge in [-0.2, -0.15) is 4.98 Å². The van der Waals surface area contributed by atoms with Crippen LogP contribution < -0.4 is 10.5 Å². The summed E-state index contributed by atoms with van der Waals surface area (Å²) in [7, 11) is -3.63. The molecule has 0 fully saturated rings. The number of halogens is 2. The van der Waals surface area contributed by atoms with Crippen LogP contribution in [0.25, 0.3) is 0 Å². The maximum Gasteiger partial charge on any atom is 0.338 e. The standard InChI is InChI=1S/C25H28Cl2N4O6S/c1-38(34,35)31-21(4-2-3-12-28)23(32)24-29-22(37-30-24)15-16-5-8-18(9-6-16)25(33)36-13-11-17-7-10-19(26)20(27)14-17/h5-10,14,21,31H,2-4,11-13,15,28H2,1H3. The number of ether oxygens (including phenoxy) is 1. The first-order valence-electron chi connectivity index (χ1n) is 11.8. The van der Waals surface area contributed by atoms with Gasteiger partial charge in [0.05, 0.1) is 40.9 Å². The largest absolute Gasteiger partial charge is 0.462 e. The zero-order chi connectivity index (χ0) is 27.7. The first kappa shape index (κ1) is 29.7. The number of aromatic nitrogens is 2. The molecule has 0 amide bonds. The minimum absolute atomic E-state index is 0.172. The highest BCUT2D eigenvalue weighted by Gasteiger charge is 2.27. The number of ketones is 1. The molecule has 0 aliphatic carbocycles. The fourth-order valence-electron chi connectivity index (χ4n) is 3.55. The first-order chi connectivity index (χ1) is 18.1. The van der Waals surface area contributed by atoms with Crippen LogP contribution in [-0.2, 0) is 27.6 Å². The van der Waals surface area contributed by atoms with Crippen LogP contribution >= 0.6 is 23.2 Å². The SMILES string of the molecule is CS(=O)(=O)NC(CCCCN)C(=O)c1noc(Cc2ccc(C(=O)OCCc3ccc(Cl)c(Cl)c3)cc2)n1. The van der Waals surface area contributed by atoms with Crippen molar-refractivity contribution >= 4 is 45.0 Å². The van der Waals surface area contributed by atoms with Crippen molar-refractivity contribution in [3.8, 4) is 0 Å². The quantitative estimate of drug-likeness (QED) is 0.165. The molecule has 10 nitrogen and oxygen atoms in total. The summed E-state index contributed by atoms with van der Waals surface area (Å²) >= 11 is 11.9. The molecule has 38 heavy (non-hydrogen) atoms. The number of Topliss-reactive ketones (excluding diaryl/α,β-unsaturated/α-hetero) is 1. The van der Waals surface area contributed by atoms with Crippen LogP contribution in [0.3, 0.4) is 0 Å². The zero-order valence-electron chi connectivity index (χ0n) is 20.7. The minimum atomic E-state index is -3.63. The Balaban J connectivity index is 1.55. The Morgan fingerprint density at radius 3 is 2.45 bits per heavy atom. The second kappa shape index (κ2) is 13.8. The normalized spacial score (nSPS) is 12.3. The highest BCUT2D eigenvalue weighted by atomic mass is 35.5. The van der Waals surface area contributed by atoms with Gasteiger partial charge in [-0.05, 0) is 54.8 Å². The van der Waals surface area contributed by atoms with Crippen molar-refractivity contribution in [2.45, 2.75) is 38.1 Å². The highest BCUT2D eigenvalue weighted by molar-refractivity contribution is 7.88. The molecule has 0 bridgehead atoms. The Kier molecular flexibility index (Phi) is 10.8.